The zero-order chi connectivity index (χ0) is 15.4. The van der Waals surface area contributed by atoms with Gasteiger partial charge in [-0.3, -0.25) is 4.79 Å². The van der Waals surface area contributed by atoms with Crippen molar-refractivity contribution in [1.82, 2.24) is 10.2 Å². The molecular weight excluding hydrogens is 275 g/mol. The molecule has 1 aliphatic rings. The number of urea groups is 1. The Morgan fingerprint density at radius 3 is 2.71 bits per heavy atom. The molecule has 0 aromatic heterocycles. The van der Waals surface area contributed by atoms with Crippen molar-refractivity contribution in [3.8, 4) is 0 Å². The van der Waals surface area contributed by atoms with Crippen molar-refractivity contribution in [3.05, 3.63) is 35.6 Å². The minimum absolute atomic E-state index is 0.0137. The third kappa shape index (κ3) is 3.71. The van der Waals surface area contributed by atoms with Gasteiger partial charge in [0.25, 0.3) is 0 Å². The van der Waals surface area contributed by atoms with E-state index in [9.17, 15) is 14.0 Å². The highest BCUT2D eigenvalue weighted by molar-refractivity contribution is 5.76. The lowest BCUT2D eigenvalue weighted by molar-refractivity contribution is -0.144. The van der Waals surface area contributed by atoms with Crippen LogP contribution >= 0.6 is 0 Å². The number of aliphatic carboxylic acids is 1. The fourth-order valence-corrected chi connectivity index (χ4v) is 2.31. The average molecular weight is 294 g/mol. The molecule has 2 rings (SSSR count). The van der Waals surface area contributed by atoms with E-state index in [1.54, 1.807) is 30.0 Å². The van der Waals surface area contributed by atoms with Gasteiger partial charge < -0.3 is 15.3 Å². The van der Waals surface area contributed by atoms with Crippen molar-refractivity contribution in [2.45, 2.75) is 13.3 Å². The number of halogens is 1. The lowest BCUT2D eigenvalue weighted by atomic mass is 9.87. The molecule has 0 aliphatic carbocycles. The van der Waals surface area contributed by atoms with Gasteiger partial charge in [-0.2, -0.15) is 0 Å². The topological polar surface area (TPSA) is 69.6 Å². The molecule has 2 amide bonds. The number of rotatable bonds is 5. The van der Waals surface area contributed by atoms with E-state index in [0.29, 0.717) is 31.6 Å². The zero-order valence-electron chi connectivity index (χ0n) is 11.9. The van der Waals surface area contributed by atoms with Crippen molar-refractivity contribution in [1.29, 1.82) is 0 Å². The Morgan fingerprint density at radius 2 is 2.10 bits per heavy atom. The van der Waals surface area contributed by atoms with Gasteiger partial charge in [-0.25, -0.2) is 9.18 Å². The molecule has 1 aliphatic heterocycles. The number of carbonyl (C=O) groups excluding carboxylic acids is 1. The van der Waals surface area contributed by atoms with Gasteiger partial charge in [0.2, 0.25) is 0 Å². The first-order valence-corrected chi connectivity index (χ1v) is 6.98. The smallest absolute Gasteiger partial charge is 0.317 e. The van der Waals surface area contributed by atoms with E-state index >= 15 is 0 Å². The van der Waals surface area contributed by atoms with Crippen LogP contribution in [0.15, 0.2) is 24.3 Å². The van der Waals surface area contributed by atoms with Gasteiger partial charge in [-0.1, -0.05) is 25.1 Å². The number of likely N-dealkylation sites (tertiary alicyclic amines) is 1. The van der Waals surface area contributed by atoms with Crippen LogP contribution in [0.2, 0.25) is 0 Å². The summed E-state index contributed by atoms with van der Waals surface area (Å²) < 4.78 is 13.4. The molecule has 2 N–H and O–H groups in total. The third-order valence-electron chi connectivity index (χ3n) is 3.92. The van der Waals surface area contributed by atoms with Gasteiger partial charge in [0.15, 0.2) is 0 Å². The van der Waals surface area contributed by atoms with Crippen LogP contribution in [0.5, 0.6) is 0 Å². The maximum Gasteiger partial charge on any atom is 0.317 e. The number of carbonyl (C=O) groups is 2. The standard InChI is InChI=1S/C15H19FN2O3/c1-10(14(19)20)12-8-18(9-12)15(21)17-7-6-11-4-2-3-5-13(11)16/h2-5,10,12H,6-9H2,1H3,(H,17,21)(H,19,20). The predicted octanol–water partition coefficient (Wildman–Crippen LogP) is 1.73. The second-order valence-corrected chi connectivity index (χ2v) is 5.37. The summed E-state index contributed by atoms with van der Waals surface area (Å²) in [7, 11) is 0. The molecule has 1 unspecified atom stereocenters. The normalized spacial score (nSPS) is 16.2. The molecule has 6 heteroatoms. The summed E-state index contributed by atoms with van der Waals surface area (Å²) in [6.07, 6.45) is 0.432. The Morgan fingerprint density at radius 1 is 1.43 bits per heavy atom. The minimum atomic E-state index is -0.834. The van der Waals surface area contributed by atoms with E-state index in [1.165, 1.54) is 6.07 Å². The van der Waals surface area contributed by atoms with Crippen LogP contribution in [0.25, 0.3) is 0 Å². The number of nitrogens with zero attached hydrogens (tertiary/aromatic N) is 1. The zero-order valence-corrected chi connectivity index (χ0v) is 11.9. The van der Waals surface area contributed by atoms with Crippen LogP contribution in [0, 0.1) is 17.7 Å². The molecule has 1 fully saturated rings. The van der Waals surface area contributed by atoms with Crippen molar-refractivity contribution < 1.29 is 19.1 Å². The number of hydrogen-bond acceptors (Lipinski definition) is 2. The van der Waals surface area contributed by atoms with E-state index in [0.717, 1.165) is 0 Å². The molecule has 0 saturated carbocycles. The Bertz CT molecular complexity index is 529. The molecule has 0 radical (unpaired) electrons. The first-order chi connectivity index (χ1) is 9.99. The minimum Gasteiger partial charge on any atom is -0.481 e. The molecule has 1 saturated heterocycles. The SMILES string of the molecule is CC(C(=O)O)C1CN(C(=O)NCCc2ccccc2F)C1. The lowest BCUT2D eigenvalue weighted by Gasteiger charge is -2.41. The van der Waals surface area contributed by atoms with Crippen LogP contribution in [-0.2, 0) is 11.2 Å². The second kappa shape index (κ2) is 6.56. The molecule has 1 aromatic carbocycles. The third-order valence-corrected chi connectivity index (χ3v) is 3.92. The Hall–Kier alpha value is -2.11. The van der Waals surface area contributed by atoms with Crippen LogP contribution in [-0.4, -0.2) is 41.6 Å². The van der Waals surface area contributed by atoms with Crippen LogP contribution in [0.4, 0.5) is 9.18 Å². The Labute approximate surface area is 122 Å². The van der Waals surface area contributed by atoms with E-state index in [2.05, 4.69) is 5.32 Å². The fourth-order valence-electron chi connectivity index (χ4n) is 2.31. The summed E-state index contributed by atoms with van der Waals surface area (Å²) in [5.41, 5.74) is 0.568. The first-order valence-electron chi connectivity index (χ1n) is 6.98. The van der Waals surface area contributed by atoms with Gasteiger partial charge in [0.1, 0.15) is 5.82 Å². The molecule has 1 heterocycles. The van der Waals surface area contributed by atoms with Crippen LogP contribution in [0.3, 0.4) is 0 Å². The predicted molar refractivity (Wildman–Crippen MR) is 75.4 cm³/mol. The van der Waals surface area contributed by atoms with Gasteiger partial charge in [-0.05, 0) is 18.1 Å². The van der Waals surface area contributed by atoms with Crippen molar-refractivity contribution in [2.75, 3.05) is 19.6 Å². The molecule has 0 bridgehead atoms. The lowest BCUT2D eigenvalue weighted by Crippen LogP contribution is -2.56. The molecule has 1 atom stereocenters. The van der Waals surface area contributed by atoms with Gasteiger partial charge >= 0.3 is 12.0 Å². The largest absolute Gasteiger partial charge is 0.481 e. The molecule has 114 valence electrons. The Balaban J connectivity index is 1.70. The Kier molecular flexibility index (Phi) is 4.77. The quantitative estimate of drug-likeness (QED) is 0.869. The van der Waals surface area contributed by atoms with Crippen LogP contribution in [0.1, 0.15) is 12.5 Å². The van der Waals surface area contributed by atoms with E-state index < -0.39 is 11.9 Å². The fraction of sp³-hybridized carbons (Fsp3) is 0.467. The van der Waals surface area contributed by atoms with Crippen LogP contribution < -0.4 is 5.32 Å². The monoisotopic (exact) mass is 294 g/mol. The number of benzene rings is 1. The van der Waals surface area contributed by atoms with Crippen molar-refractivity contribution in [3.63, 3.8) is 0 Å². The maximum absolute atomic E-state index is 13.4. The molecular formula is C15H19FN2O3. The summed E-state index contributed by atoms with van der Waals surface area (Å²) in [6.45, 7) is 2.92. The molecule has 21 heavy (non-hydrogen) atoms. The highest BCUT2D eigenvalue weighted by Gasteiger charge is 2.36. The summed E-state index contributed by atoms with van der Waals surface area (Å²) >= 11 is 0. The van der Waals surface area contributed by atoms with E-state index in [-0.39, 0.29) is 17.8 Å². The summed E-state index contributed by atoms with van der Waals surface area (Å²) in [6, 6.07) is 6.25. The molecule has 1 aromatic rings. The number of carboxylic acid groups (broad SMARTS) is 1. The summed E-state index contributed by atoms with van der Waals surface area (Å²) in [5.74, 6) is -1.53. The molecule has 0 spiro atoms. The number of nitrogens with one attached hydrogen (secondary N) is 1. The van der Waals surface area contributed by atoms with E-state index in [1.807, 2.05) is 0 Å². The summed E-state index contributed by atoms with van der Waals surface area (Å²) in [4.78, 5) is 24.2. The first kappa shape index (κ1) is 15.3. The average Bonchev–Trinajstić information content (AvgIpc) is 2.39. The van der Waals surface area contributed by atoms with E-state index in [4.69, 9.17) is 5.11 Å². The van der Waals surface area contributed by atoms with Crippen molar-refractivity contribution in [2.24, 2.45) is 11.8 Å². The van der Waals surface area contributed by atoms with Crippen molar-refractivity contribution >= 4 is 12.0 Å². The molecule has 5 nitrogen and oxygen atoms in total. The van der Waals surface area contributed by atoms with Gasteiger partial charge in [0.05, 0.1) is 5.92 Å². The highest BCUT2D eigenvalue weighted by atomic mass is 19.1. The number of amides is 2. The second-order valence-electron chi connectivity index (χ2n) is 5.37. The van der Waals surface area contributed by atoms with Gasteiger partial charge in [-0.15, -0.1) is 0 Å². The summed E-state index contributed by atoms with van der Waals surface area (Å²) in [5, 5.41) is 11.6. The van der Waals surface area contributed by atoms with Gasteiger partial charge in [0, 0.05) is 25.6 Å². The number of carboxylic acids is 1. The number of hydrogen-bond donors (Lipinski definition) is 2. The highest BCUT2D eigenvalue weighted by Crippen LogP contribution is 2.23. The maximum atomic E-state index is 13.4.